The van der Waals surface area contributed by atoms with E-state index in [4.69, 9.17) is 9.84 Å². The number of anilines is 1. The van der Waals surface area contributed by atoms with Crippen LogP contribution in [0, 0.1) is 5.82 Å². The molecule has 10 nitrogen and oxygen atoms in total. The maximum absolute atomic E-state index is 13.1. The smallest absolute Gasteiger partial charge is 0.410 e. The van der Waals surface area contributed by atoms with E-state index in [1.165, 1.54) is 24.1 Å². The molecule has 0 fully saturated rings. The molecule has 0 aliphatic carbocycles. The molecule has 0 saturated heterocycles. The van der Waals surface area contributed by atoms with Crippen molar-refractivity contribution in [2.24, 2.45) is 0 Å². The Balaban J connectivity index is 2.40. The van der Waals surface area contributed by atoms with Gasteiger partial charge in [-0.05, 0) is 64.3 Å². The minimum atomic E-state index is -0.964. The summed E-state index contributed by atoms with van der Waals surface area (Å²) >= 11 is 0. The Morgan fingerprint density at radius 2 is 1.88 bits per heavy atom. The standard InChI is InChI=1S/C22H29FN4O6/c1-22(2,3)33-21(32)27(4)15(7-5-6-12-28)18-25-16(17(29)20(31)26-18)19(30)24-14-10-8-13(23)9-11-14/h8-11,15,28-29H,5-7,12H2,1-4H3,(H,24,30)(H,25,26,31). The highest BCUT2D eigenvalue weighted by Gasteiger charge is 2.30. The van der Waals surface area contributed by atoms with E-state index in [1.807, 2.05) is 0 Å². The number of hydrogen-bond acceptors (Lipinski definition) is 7. The lowest BCUT2D eigenvalue weighted by Gasteiger charge is -2.30. The molecule has 1 aromatic heterocycles. The van der Waals surface area contributed by atoms with Crippen LogP contribution in [0.15, 0.2) is 29.1 Å². The number of aromatic amines is 1. The lowest BCUT2D eigenvalue weighted by atomic mass is 10.1. The summed E-state index contributed by atoms with van der Waals surface area (Å²) in [5, 5.41) is 21.7. The number of halogens is 1. The molecular weight excluding hydrogens is 435 g/mol. The molecular formula is C22H29FN4O6. The van der Waals surface area contributed by atoms with E-state index in [1.54, 1.807) is 20.8 Å². The van der Waals surface area contributed by atoms with Crippen LogP contribution in [0.5, 0.6) is 5.75 Å². The van der Waals surface area contributed by atoms with E-state index in [9.17, 15) is 23.9 Å². The number of aromatic nitrogens is 2. The summed E-state index contributed by atoms with van der Waals surface area (Å²) in [6, 6.07) is 4.09. The van der Waals surface area contributed by atoms with E-state index >= 15 is 0 Å². The van der Waals surface area contributed by atoms with Crippen LogP contribution >= 0.6 is 0 Å². The summed E-state index contributed by atoms with van der Waals surface area (Å²) < 4.78 is 18.5. The first-order chi connectivity index (χ1) is 15.4. The van der Waals surface area contributed by atoms with Gasteiger partial charge in [-0.3, -0.25) is 9.59 Å². The molecule has 0 bridgehead atoms. The molecule has 1 heterocycles. The van der Waals surface area contributed by atoms with E-state index < -0.39 is 46.5 Å². The summed E-state index contributed by atoms with van der Waals surface area (Å²) in [6.07, 6.45) is 0.544. The van der Waals surface area contributed by atoms with Crippen molar-refractivity contribution in [3.05, 3.63) is 52.0 Å². The van der Waals surface area contributed by atoms with Crippen LogP contribution in [-0.4, -0.2) is 56.3 Å². The lowest BCUT2D eigenvalue weighted by Crippen LogP contribution is -2.38. The third-order valence-electron chi connectivity index (χ3n) is 4.58. The van der Waals surface area contributed by atoms with Crippen molar-refractivity contribution in [3.63, 3.8) is 0 Å². The van der Waals surface area contributed by atoms with Gasteiger partial charge in [-0.2, -0.15) is 0 Å². The van der Waals surface area contributed by atoms with Crippen molar-refractivity contribution < 1.29 is 28.9 Å². The summed E-state index contributed by atoms with van der Waals surface area (Å²) in [7, 11) is 1.46. The van der Waals surface area contributed by atoms with Crippen molar-refractivity contribution in [1.29, 1.82) is 0 Å². The Morgan fingerprint density at radius 3 is 2.45 bits per heavy atom. The third kappa shape index (κ3) is 7.28. The first-order valence-electron chi connectivity index (χ1n) is 10.4. The summed E-state index contributed by atoms with van der Waals surface area (Å²) in [4.78, 5) is 45.4. The van der Waals surface area contributed by atoms with Gasteiger partial charge in [-0.15, -0.1) is 0 Å². The number of rotatable bonds is 8. The molecule has 0 aliphatic rings. The van der Waals surface area contributed by atoms with Gasteiger partial charge in [0.15, 0.2) is 5.69 Å². The largest absolute Gasteiger partial charge is 0.501 e. The Bertz CT molecular complexity index is 1030. The fourth-order valence-corrected chi connectivity index (χ4v) is 2.95. The second kappa shape index (κ2) is 10.9. The minimum absolute atomic E-state index is 0.0339. The van der Waals surface area contributed by atoms with Crippen LogP contribution in [0.2, 0.25) is 0 Å². The van der Waals surface area contributed by atoms with Gasteiger partial charge >= 0.3 is 6.09 Å². The molecule has 1 aromatic carbocycles. The average molecular weight is 464 g/mol. The predicted molar refractivity (Wildman–Crippen MR) is 119 cm³/mol. The van der Waals surface area contributed by atoms with Crippen molar-refractivity contribution >= 4 is 17.7 Å². The number of unbranched alkanes of at least 4 members (excludes halogenated alkanes) is 1. The van der Waals surface area contributed by atoms with Crippen LogP contribution < -0.4 is 10.9 Å². The quantitative estimate of drug-likeness (QED) is 0.440. The van der Waals surface area contributed by atoms with E-state index in [2.05, 4.69) is 15.3 Å². The van der Waals surface area contributed by atoms with Crippen LogP contribution in [0.1, 0.15) is 62.4 Å². The number of carbonyl (C=O) groups excluding carboxylic acids is 2. The Hall–Kier alpha value is -3.47. The Morgan fingerprint density at radius 1 is 1.24 bits per heavy atom. The minimum Gasteiger partial charge on any atom is -0.501 e. The summed E-state index contributed by atoms with van der Waals surface area (Å²) in [5.74, 6) is -2.32. The van der Waals surface area contributed by atoms with Crippen molar-refractivity contribution in [2.75, 3.05) is 19.0 Å². The van der Waals surface area contributed by atoms with Crippen LogP contribution in [0.4, 0.5) is 14.9 Å². The number of aromatic hydroxyl groups is 1. The van der Waals surface area contributed by atoms with Crippen LogP contribution in [0.3, 0.4) is 0 Å². The topological polar surface area (TPSA) is 145 Å². The van der Waals surface area contributed by atoms with Crippen molar-refractivity contribution in [1.82, 2.24) is 14.9 Å². The first kappa shape index (κ1) is 25.8. The van der Waals surface area contributed by atoms with Crippen molar-refractivity contribution in [3.8, 4) is 5.75 Å². The van der Waals surface area contributed by atoms with Crippen molar-refractivity contribution in [2.45, 2.75) is 51.7 Å². The molecule has 1 atom stereocenters. The number of aliphatic hydroxyl groups excluding tert-OH is 1. The predicted octanol–water partition coefficient (Wildman–Crippen LogP) is 2.94. The number of benzene rings is 1. The number of amides is 2. The number of carbonyl (C=O) groups is 2. The lowest BCUT2D eigenvalue weighted by molar-refractivity contribution is 0.0200. The molecule has 1 unspecified atom stereocenters. The molecule has 4 N–H and O–H groups in total. The second-order valence-corrected chi connectivity index (χ2v) is 8.44. The molecule has 180 valence electrons. The van der Waals surface area contributed by atoms with E-state index in [-0.39, 0.29) is 18.1 Å². The number of hydrogen-bond donors (Lipinski definition) is 4. The molecule has 0 radical (unpaired) electrons. The van der Waals surface area contributed by atoms with Gasteiger partial charge in [-0.25, -0.2) is 14.2 Å². The maximum atomic E-state index is 13.1. The zero-order chi connectivity index (χ0) is 24.8. The van der Waals surface area contributed by atoms with E-state index in [0.717, 1.165) is 12.1 Å². The highest BCUT2D eigenvalue weighted by atomic mass is 19.1. The first-order valence-corrected chi connectivity index (χ1v) is 10.4. The van der Waals surface area contributed by atoms with Gasteiger partial charge in [0.05, 0.1) is 6.04 Å². The van der Waals surface area contributed by atoms with Gasteiger partial charge in [0.25, 0.3) is 11.5 Å². The maximum Gasteiger partial charge on any atom is 0.410 e. The summed E-state index contributed by atoms with van der Waals surface area (Å²) in [5.41, 5.74) is -2.05. The fourth-order valence-electron chi connectivity index (χ4n) is 2.95. The zero-order valence-electron chi connectivity index (χ0n) is 19.0. The third-order valence-corrected chi connectivity index (χ3v) is 4.58. The molecule has 2 rings (SSSR count). The van der Waals surface area contributed by atoms with Gasteiger partial charge in [0, 0.05) is 19.3 Å². The monoisotopic (exact) mass is 464 g/mol. The number of ether oxygens (including phenoxy) is 1. The molecule has 2 amide bonds. The highest BCUT2D eigenvalue weighted by Crippen LogP contribution is 2.25. The number of H-pyrrole nitrogens is 1. The van der Waals surface area contributed by atoms with Crippen LogP contribution in [0.25, 0.3) is 0 Å². The van der Waals surface area contributed by atoms with Crippen LogP contribution in [-0.2, 0) is 4.74 Å². The van der Waals surface area contributed by atoms with Gasteiger partial charge in [-0.1, -0.05) is 0 Å². The van der Waals surface area contributed by atoms with E-state index in [0.29, 0.717) is 19.3 Å². The number of aliphatic hydroxyl groups is 1. The molecule has 0 spiro atoms. The zero-order valence-corrected chi connectivity index (χ0v) is 19.0. The molecule has 33 heavy (non-hydrogen) atoms. The fraction of sp³-hybridized carbons (Fsp3) is 0.455. The number of nitrogens with one attached hydrogen (secondary N) is 2. The van der Waals surface area contributed by atoms with Gasteiger partial charge < -0.3 is 30.2 Å². The molecule has 0 saturated carbocycles. The highest BCUT2D eigenvalue weighted by molar-refractivity contribution is 6.04. The van der Waals surface area contributed by atoms with Gasteiger partial charge in [0.1, 0.15) is 17.2 Å². The summed E-state index contributed by atoms with van der Waals surface area (Å²) in [6.45, 7) is 5.06. The average Bonchev–Trinajstić information content (AvgIpc) is 2.73. The Kier molecular flexibility index (Phi) is 8.52. The second-order valence-electron chi connectivity index (χ2n) is 8.44. The molecule has 11 heteroatoms. The SMILES string of the molecule is CN(C(=O)OC(C)(C)C)C(CCCCO)c1nc(C(=O)Nc2ccc(F)cc2)c(O)c(=O)[nH]1. The molecule has 2 aromatic rings. The molecule has 0 aliphatic heterocycles. The van der Waals surface area contributed by atoms with Gasteiger partial charge in [0.2, 0.25) is 5.75 Å². The normalized spacial score (nSPS) is 12.2. The number of nitrogens with zero attached hydrogens (tertiary/aromatic N) is 2. The Labute approximate surface area is 190 Å².